The van der Waals surface area contributed by atoms with Crippen LogP contribution in [0.25, 0.3) is 0 Å². The standard InChI is InChI=1S/C20H28N4O4/c1-6-27-18(25)16-11-14(12-21)17(22-13(16)2)24-9-7-15(8-10-24)23-19(26)28-20(3,4)5/h11,15H,6-10H2,1-5H3,(H,23,26). The molecule has 0 spiro atoms. The molecule has 0 aliphatic carbocycles. The number of piperidine rings is 1. The lowest BCUT2D eigenvalue weighted by atomic mass is 10.0. The molecule has 1 amide bonds. The van der Waals surface area contributed by atoms with E-state index >= 15 is 0 Å². The third-order valence-electron chi connectivity index (χ3n) is 4.32. The lowest BCUT2D eigenvalue weighted by molar-refractivity contribution is 0.0494. The molecule has 0 aromatic carbocycles. The zero-order chi connectivity index (χ0) is 20.9. The van der Waals surface area contributed by atoms with E-state index in [-0.39, 0.29) is 12.6 Å². The van der Waals surface area contributed by atoms with E-state index in [9.17, 15) is 14.9 Å². The Morgan fingerprint density at radius 3 is 2.54 bits per heavy atom. The second-order valence-electron chi connectivity index (χ2n) is 7.73. The predicted octanol–water partition coefficient (Wildman–Crippen LogP) is 2.93. The van der Waals surface area contributed by atoms with E-state index in [4.69, 9.17) is 9.47 Å². The van der Waals surface area contributed by atoms with Gasteiger partial charge in [0.05, 0.1) is 23.4 Å². The van der Waals surface area contributed by atoms with Crippen molar-refractivity contribution in [3.05, 3.63) is 22.9 Å². The van der Waals surface area contributed by atoms with Crippen LogP contribution in [-0.4, -0.2) is 48.4 Å². The molecule has 0 unspecified atom stereocenters. The summed E-state index contributed by atoms with van der Waals surface area (Å²) >= 11 is 0. The Morgan fingerprint density at radius 2 is 2.00 bits per heavy atom. The molecule has 0 saturated carbocycles. The first-order chi connectivity index (χ1) is 13.1. The predicted molar refractivity (Wildman–Crippen MR) is 104 cm³/mol. The van der Waals surface area contributed by atoms with Gasteiger partial charge in [0, 0.05) is 19.1 Å². The van der Waals surface area contributed by atoms with Gasteiger partial charge in [-0.3, -0.25) is 0 Å². The summed E-state index contributed by atoms with van der Waals surface area (Å²) in [4.78, 5) is 30.5. The van der Waals surface area contributed by atoms with Crippen LogP contribution in [0.5, 0.6) is 0 Å². The summed E-state index contributed by atoms with van der Waals surface area (Å²) in [7, 11) is 0. The van der Waals surface area contributed by atoms with E-state index in [1.807, 2.05) is 25.7 Å². The van der Waals surface area contributed by atoms with Crippen molar-refractivity contribution in [3.8, 4) is 6.07 Å². The van der Waals surface area contributed by atoms with E-state index in [1.54, 1.807) is 19.9 Å². The third-order valence-corrected chi connectivity index (χ3v) is 4.32. The molecule has 2 rings (SSSR count). The largest absolute Gasteiger partial charge is 0.462 e. The molecule has 0 bridgehead atoms. The number of nitrogens with one attached hydrogen (secondary N) is 1. The summed E-state index contributed by atoms with van der Waals surface area (Å²) in [6, 6.07) is 3.68. The zero-order valence-corrected chi connectivity index (χ0v) is 17.2. The van der Waals surface area contributed by atoms with Gasteiger partial charge < -0.3 is 19.7 Å². The first-order valence-electron chi connectivity index (χ1n) is 9.48. The van der Waals surface area contributed by atoms with Crippen LogP contribution in [0.15, 0.2) is 6.07 Å². The van der Waals surface area contributed by atoms with E-state index in [1.165, 1.54) is 0 Å². The molecule has 1 aliphatic rings. The Hall–Kier alpha value is -2.82. The van der Waals surface area contributed by atoms with Gasteiger partial charge >= 0.3 is 12.1 Å². The second kappa shape index (κ2) is 8.91. The van der Waals surface area contributed by atoms with Crippen LogP contribution in [0.1, 0.15) is 62.2 Å². The maximum atomic E-state index is 12.0. The quantitative estimate of drug-likeness (QED) is 0.791. The Bertz CT molecular complexity index is 772. The monoisotopic (exact) mass is 388 g/mol. The molecular weight excluding hydrogens is 360 g/mol. The van der Waals surface area contributed by atoms with Crippen molar-refractivity contribution < 1.29 is 19.1 Å². The third kappa shape index (κ3) is 5.59. The van der Waals surface area contributed by atoms with Gasteiger partial charge in [-0.1, -0.05) is 0 Å². The summed E-state index contributed by atoms with van der Waals surface area (Å²) in [5.41, 5.74) is 0.645. The number of carbonyl (C=O) groups excluding carboxylic acids is 2. The first kappa shape index (κ1) is 21.5. The van der Waals surface area contributed by atoms with Crippen LogP contribution in [-0.2, 0) is 9.47 Å². The van der Waals surface area contributed by atoms with Crippen LogP contribution in [0.4, 0.5) is 10.6 Å². The number of amides is 1. The van der Waals surface area contributed by atoms with Gasteiger partial charge in [-0.2, -0.15) is 5.26 Å². The maximum absolute atomic E-state index is 12.0. The molecule has 1 aromatic heterocycles. The number of hydrogen-bond acceptors (Lipinski definition) is 7. The number of nitriles is 1. The van der Waals surface area contributed by atoms with Crippen molar-refractivity contribution >= 4 is 17.9 Å². The summed E-state index contributed by atoms with van der Waals surface area (Å²) in [6.07, 6.45) is 1.01. The summed E-state index contributed by atoms with van der Waals surface area (Å²) in [5.74, 6) is 0.0829. The smallest absolute Gasteiger partial charge is 0.407 e. The van der Waals surface area contributed by atoms with Gasteiger partial charge in [0.25, 0.3) is 0 Å². The lowest BCUT2D eigenvalue weighted by Crippen LogP contribution is -2.46. The van der Waals surface area contributed by atoms with Gasteiger partial charge in [-0.05, 0) is 53.5 Å². The average Bonchev–Trinajstić information content (AvgIpc) is 2.60. The molecule has 8 nitrogen and oxygen atoms in total. The van der Waals surface area contributed by atoms with Crippen LogP contribution in [0.3, 0.4) is 0 Å². The molecule has 0 atom stereocenters. The van der Waals surface area contributed by atoms with Crippen molar-refractivity contribution in [2.45, 2.75) is 59.1 Å². The summed E-state index contributed by atoms with van der Waals surface area (Å²) < 4.78 is 10.3. The molecular formula is C20H28N4O4. The lowest BCUT2D eigenvalue weighted by Gasteiger charge is -2.34. The summed E-state index contributed by atoms with van der Waals surface area (Å²) in [5, 5.41) is 12.4. The van der Waals surface area contributed by atoms with Gasteiger partial charge in [0.1, 0.15) is 17.5 Å². The molecule has 2 heterocycles. The van der Waals surface area contributed by atoms with Gasteiger partial charge in [0.2, 0.25) is 0 Å². The average molecular weight is 388 g/mol. The number of rotatable bonds is 4. The Labute approximate surface area is 165 Å². The number of carbonyl (C=O) groups is 2. The second-order valence-corrected chi connectivity index (χ2v) is 7.73. The fraction of sp³-hybridized carbons (Fsp3) is 0.600. The van der Waals surface area contributed by atoms with E-state index in [0.717, 1.165) is 0 Å². The molecule has 28 heavy (non-hydrogen) atoms. The number of aryl methyl sites for hydroxylation is 1. The van der Waals surface area contributed by atoms with Crippen molar-refractivity contribution in [1.82, 2.24) is 10.3 Å². The fourth-order valence-corrected chi connectivity index (χ4v) is 3.04. The Balaban J connectivity index is 2.06. The van der Waals surface area contributed by atoms with Crippen molar-refractivity contribution in [1.29, 1.82) is 5.26 Å². The molecule has 1 fully saturated rings. The molecule has 1 aromatic rings. The topological polar surface area (TPSA) is 105 Å². The number of hydrogen-bond donors (Lipinski definition) is 1. The van der Waals surface area contributed by atoms with Crippen LogP contribution < -0.4 is 10.2 Å². The molecule has 1 N–H and O–H groups in total. The minimum atomic E-state index is -0.533. The van der Waals surface area contributed by atoms with E-state index in [0.29, 0.717) is 48.6 Å². The highest BCUT2D eigenvalue weighted by molar-refractivity contribution is 5.91. The molecule has 1 saturated heterocycles. The van der Waals surface area contributed by atoms with Gasteiger partial charge in [-0.15, -0.1) is 0 Å². The molecule has 8 heteroatoms. The zero-order valence-electron chi connectivity index (χ0n) is 17.2. The van der Waals surface area contributed by atoms with Crippen LogP contribution >= 0.6 is 0 Å². The van der Waals surface area contributed by atoms with E-state index in [2.05, 4.69) is 16.4 Å². The van der Waals surface area contributed by atoms with Crippen molar-refractivity contribution in [3.63, 3.8) is 0 Å². The van der Waals surface area contributed by atoms with Crippen molar-refractivity contribution in [2.24, 2.45) is 0 Å². The SMILES string of the molecule is CCOC(=O)c1cc(C#N)c(N2CCC(NC(=O)OC(C)(C)C)CC2)nc1C. The highest BCUT2D eigenvalue weighted by atomic mass is 16.6. The Kier molecular flexibility index (Phi) is 6.84. The van der Waals surface area contributed by atoms with Crippen LogP contribution in [0.2, 0.25) is 0 Å². The highest BCUT2D eigenvalue weighted by Gasteiger charge is 2.26. The normalized spacial score (nSPS) is 14.9. The molecule has 1 aliphatic heterocycles. The fourth-order valence-electron chi connectivity index (χ4n) is 3.04. The van der Waals surface area contributed by atoms with Crippen molar-refractivity contribution in [2.75, 3.05) is 24.6 Å². The van der Waals surface area contributed by atoms with Gasteiger partial charge in [0.15, 0.2) is 0 Å². The molecule has 152 valence electrons. The van der Waals surface area contributed by atoms with E-state index < -0.39 is 17.7 Å². The van der Waals surface area contributed by atoms with Crippen LogP contribution in [0, 0.1) is 18.3 Å². The number of nitrogens with zero attached hydrogens (tertiary/aromatic N) is 3. The summed E-state index contributed by atoms with van der Waals surface area (Å²) in [6.45, 7) is 10.5. The number of esters is 1. The number of aromatic nitrogens is 1. The minimum absolute atomic E-state index is 0.0107. The minimum Gasteiger partial charge on any atom is -0.462 e. The van der Waals surface area contributed by atoms with Gasteiger partial charge in [-0.25, -0.2) is 14.6 Å². The maximum Gasteiger partial charge on any atom is 0.407 e. The first-order valence-corrected chi connectivity index (χ1v) is 9.48. The highest BCUT2D eigenvalue weighted by Crippen LogP contribution is 2.25. The number of pyridine rings is 1. The molecule has 0 radical (unpaired) electrons. The Morgan fingerprint density at radius 1 is 1.36 bits per heavy atom. The number of anilines is 1. The number of alkyl carbamates (subject to hydrolysis) is 1. The number of ether oxygens (including phenoxy) is 2.